The summed E-state index contributed by atoms with van der Waals surface area (Å²) in [4.78, 5) is 25.5. The van der Waals surface area contributed by atoms with Crippen LogP contribution in [0.2, 0.25) is 0 Å². The fraction of sp³-hybridized carbons (Fsp3) is 0.529. The lowest BCUT2D eigenvalue weighted by atomic mass is 10.1. The Balaban J connectivity index is 0.00000264. The van der Waals surface area contributed by atoms with Crippen LogP contribution in [-0.4, -0.2) is 42.4 Å². The Morgan fingerprint density at radius 2 is 2.04 bits per heavy atom. The predicted octanol–water partition coefficient (Wildman–Crippen LogP) is 1.72. The molecule has 0 radical (unpaired) electrons. The van der Waals surface area contributed by atoms with Crippen molar-refractivity contribution < 1.29 is 9.59 Å². The molecule has 23 heavy (non-hydrogen) atoms. The maximum Gasteiger partial charge on any atom is 0.222 e. The quantitative estimate of drug-likeness (QED) is 0.829. The molecule has 0 aliphatic carbocycles. The standard InChI is InChI=1S/C17H25N3O2.ClH/c1-14(21)20(13-15-6-3-2-4-7-15)11-9-17(22)19-16-8-5-10-18-12-16;/h2-4,6-7,16,18H,5,8-13H2,1H3,(H,19,22);1H/t16-;/m0./s1. The summed E-state index contributed by atoms with van der Waals surface area (Å²) in [5, 5.41) is 6.31. The van der Waals surface area contributed by atoms with E-state index >= 15 is 0 Å². The summed E-state index contributed by atoms with van der Waals surface area (Å²) in [6.45, 7) is 4.42. The predicted molar refractivity (Wildman–Crippen MR) is 93.4 cm³/mol. The molecule has 1 aromatic carbocycles. The fourth-order valence-corrected chi connectivity index (χ4v) is 2.66. The largest absolute Gasteiger partial charge is 0.352 e. The molecule has 0 spiro atoms. The molecule has 1 fully saturated rings. The van der Waals surface area contributed by atoms with E-state index in [4.69, 9.17) is 0 Å². The second-order valence-corrected chi connectivity index (χ2v) is 5.79. The molecule has 1 atom stereocenters. The third kappa shape index (κ3) is 7.01. The van der Waals surface area contributed by atoms with Crippen LogP contribution in [0.25, 0.3) is 0 Å². The van der Waals surface area contributed by atoms with Crippen LogP contribution in [0.5, 0.6) is 0 Å². The first-order valence-electron chi connectivity index (χ1n) is 7.94. The van der Waals surface area contributed by atoms with Gasteiger partial charge in [0, 0.05) is 39.0 Å². The Kier molecular flexibility index (Phi) is 8.66. The van der Waals surface area contributed by atoms with Crippen LogP contribution in [0.1, 0.15) is 31.7 Å². The van der Waals surface area contributed by atoms with Gasteiger partial charge in [-0.15, -0.1) is 12.4 Å². The van der Waals surface area contributed by atoms with E-state index in [9.17, 15) is 9.59 Å². The first kappa shape index (κ1) is 19.5. The van der Waals surface area contributed by atoms with Crippen molar-refractivity contribution in [3.8, 4) is 0 Å². The summed E-state index contributed by atoms with van der Waals surface area (Å²) in [5.41, 5.74) is 1.08. The lowest BCUT2D eigenvalue weighted by molar-refractivity contribution is -0.130. The molecule has 0 unspecified atom stereocenters. The first-order valence-corrected chi connectivity index (χ1v) is 7.94. The number of hydrogen-bond donors (Lipinski definition) is 2. The zero-order valence-electron chi connectivity index (χ0n) is 13.6. The highest BCUT2D eigenvalue weighted by Gasteiger charge is 2.16. The normalized spacial score (nSPS) is 17.0. The molecule has 2 amide bonds. The summed E-state index contributed by atoms with van der Waals surface area (Å²) in [7, 11) is 0. The topological polar surface area (TPSA) is 61.4 Å². The second kappa shape index (κ2) is 10.2. The molecule has 1 saturated heterocycles. The SMILES string of the molecule is CC(=O)N(CCC(=O)N[C@H]1CCCNC1)Cc1ccccc1.Cl. The van der Waals surface area contributed by atoms with E-state index in [1.165, 1.54) is 0 Å². The van der Waals surface area contributed by atoms with Gasteiger partial charge >= 0.3 is 0 Å². The Morgan fingerprint density at radius 3 is 2.65 bits per heavy atom. The molecule has 5 nitrogen and oxygen atoms in total. The van der Waals surface area contributed by atoms with Crippen LogP contribution in [0.15, 0.2) is 30.3 Å². The number of amides is 2. The van der Waals surface area contributed by atoms with E-state index in [0.29, 0.717) is 19.5 Å². The van der Waals surface area contributed by atoms with Gasteiger partial charge in [-0.3, -0.25) is 9.59 Å². The van der Waals surface area contributed by atoms with Crippen LogP contribution in [0.4, 0.5) is 0 Å². The zero-order valence-corrected chi connectivity index (χ0v) is 14.4. The average molecular weight is 340 g/mol. The van der Waals surface area contributed by atoms with Crippen molar-refractivity contribution in [2.75, 3.05) is 19.6 Å². The molecule has 128 valence electrons. The Bertz CT molecular complexity index is 490. The van der Waals surface area contributed by atoms with Gasteiger partial charge in [-0.25, -0.2) is 0 Å². The minimum absolute atomic E-state index is 0. The third-order valence-corrected chi connectivity index (χ3v) is 3.93. The van der Waals surface area contributed by atoms with Crippen molar-refractivity contribution in [2.24, 2.45) is 0 Å². The smallest absolute Gasteiger partial charge is 0.222 e. The summed E-state index contributed by atoms with van der Waals surface area (Å²) in [6.07, 6.45) is 2.47. The molecule has 0 aromatic heterocycles. The van der Waals surface area contributed by atoms with E-state index in [2.05, 4.69) is 10.6 Å². The number of benzene rings is 1. The molecule has 6 heteroatoms. The van der Waals surface area contributed by atoms with Crippen molar-refractivity contribution >= 4 is 24.2 Å². The molecular weight excluding hydrogens is 314 g/mol. The molecule has 0 saturated carbocycles. The van der Waals surface area contributed by atoms with Crippen LogP contribution >= 0.6 is 12.4 Å². The van der Waals surface area contributed by atoms with E-state index in [-0.39, 0.29) is 30.3 Å². The maximum atomic E-state index is 12.0. The van der Waals surface area contributed by atoms with Crippen molar-refractivity contribution in [2.45, 2.75) is 38.8 Å². The van der Waals surface area contributed by atoms with Gasteiger partial charge in [-0.1, -0.05) is 30.3 Å². The maximum absolute atomic E-state index is 12.0. The van der Waals surface area contributed by atoms with E-state index < -0.39 is 0 Å². The summed E-state index contributed by atoms with van der Waals surface area (Å²) >= 11 is 0. The molecule has 1 aromatic rings. The van der Waals surface area contributed by atoms with E-state index in [1.807, 2.05) is 30.3 Å². The Hall–Kier alpha value is -1.59. The van der Waals surface area contributed by atoms with Crippen LogP contribution < -0.4 is 10.6 Å². The van der Waals surface area contributed by atoms with Gasteiger partial charge in [0.05, 0.1) is 0 Å². The molecule has 2 N–H and O–H groups in total. The highest BCUT2D eigenvalue weighted by atomic mass is 35.5. The van der Waals surface area contributed by atoms with E-state index in [1.54, 1.807) is 11.8 Å². The van der Waals surface area contributed by atoms with Gasteiger partial charge in [0.1, 0.15) is 0 Å². The van der Waals surface area contributed by atoms with Gasteiger partial charge < -0.3 is 15.5 Å². The van der Waals surface area contributed by atoms with Crippen molar-refractivity contribution in [1.29, 1.82) is 0 Å². The first-order chi connectivity index (χ1) is 10.6. The Labute approximate surface area is 144 Å². The summed E-state index contributed by atoms with van der Waals surface area (Å²) < 4.78 is 0. The third-order valence-electron chi connectivity index (χ3n) is 3.93. The summed E-state index contributed by atoms with van der Waals surface area (Å²) in [6, 6.07) is 10.1. The van der Waals surface area contributed by atoms with Crippen molar-refractivity contribution in [3.63, 3.8) is 0 Å². The average Bonchev–Trinajstić information content (AvgIpc) is 2.53. The summed E-state index contributed by atoms with van der Waals surface area (Å²) in [5.74, 6) is 0.0176. The molecule has 1 heterocycles. The number of carbonyl (C=O) groups is 2. The number of piperidine rings is 1. The van der Waals surface area contributed by atoms with Gasteiger partial charge in [-0.05, 0) is 24.9 Å². The lowest BCUT2D eigenvalue weighted by Gasteiger charge is -2.25. The van der Waals surface area contributed by atoms with Gasteiger partial charge in [0.15, 0.2) is 0 Å². The molecular formula is C17H26ClN3O2. The monoisotopic (exact) mass is 339 g/mol. The van der Waals surface area contributed by atoms with Crippen molar-refractivity contribution in [3.05, 3.63) is 35.9 Å². The minimum atomic E-state index is -0.00372. The highest BCUT2D eigenvalue weighted by Crippen LogP contribution is 2.06. The number of nitrogens with one attached hydrogen (secondary N) is 2. The van der Waals surface area contributed by atoms with Gasteiger partial charge in [-0.2, -0.15) is 0 Å². The molecule has 2 rings (SSSR count). The fourth-order valence-electron chi connectivity index (χ4n) is 2.66. The number of nitrogens with zero attached hydrogens (tertiary/aromatic N) is 1. The number of rotatable bonds is 6. The highest BCUT2D eigenvalue weighted by molar-refractivity contribution is 5.85. The number of hydrogen-bond acceptors (Lipinski definition) is 3. The van der Waals surface area contributed by atoms with Crippen LogP contribution in [0, 0.1) is 0 Å². The van der Waals surface area contributed by atoms with Crippen LogP contribution in [0.3, 0.4) is 0 Å². The number of halogens is 1. The van der Waals surface area contributed by atoms with Gasteiger partial charge in [0.2, 0.25) is 11.8 Å². The van der Waals surface area contributed by atoms with E-state index in [0.717, 1.165) is 31.5 Å². The van der Waals surface area contributed by atoms with Gasteiger partial charge in [0.25, 0.3) is 0 Å². The molecule has 0 bridgehead atoms. The van der Waals surface area contributed by atoms with Crippen LogP contribution in [-0.2, 0) is 16.1 Å². The minimum Gasteiger partial charge on any atom is -0.352 e. The Morgan fingerprint density at radius 1 is 1.30 bits per heavy atom. The lowest BCUT2D eigenvalue weighted by Crippen LogP contribution is -2.46. The number of carbonyl (C=O) groups excluding carboxylic acids is 2. The zero-order chi connectivity index (χ0) is 15.8. The molecule has 1 aliphatic heterocycles. The van der Waals surface area contributed by atoms with Crippen molar-refractivity contribution in [1.82, 2.24) is 15.5 Å². The second-order valence-electron chi connectivity index (χ2n) is 5.79. The molecule has 1 aliphatic rings.